The van der Waals surface area contributed by atoms with Gasteiger partial charge in [-0.3, -0.25) is 0 Å². The molecule has 0 amide bonds. The zero-order valence-corrected chi connectivity index (χ0v) is 13.5. The molecule has 0 spiro atoms. The van der Waals surface area contributed by atoms with Crippen LogP contribution < -0.4 is 10.5 Å². The lowest BCUT2D eigenvalue weighted by molar-refractivity contribution is 0.289. The van der Waals surface area contributed by atoms with Crippen LogP contribution in [0.25, 0.3) is 11.0 Å². The highest BCUT2D eigenvalue weighted by Gasteiger charge is 2.12. The van der Waals surface area contributed by atoms with Crippen LogP contribution in [0.15, 0.2) is 49.1 Å². The average molecular weight is 307 g/mol. The summed E-state index contributed by atoms with van der Waals surface area (Å²) >= 11 is 0. The molecule has 3 rings (SSSR count). The maximum Gasteiger partial charge on any atom is 0.148 e. The van der Waals surface area contributed by atoms with E-state index in [0.29, 0.717) is 18.8 Å². The smallest absolute Gasteiger partial charge is 0.148 e. The molecule has 0 radical (unpaired) electrons. The Kier molecular flexibility index (Phi) is 4.06. The first-order valence-electron chi connectivity index (χ1n) is 7.64. The van der Waals surface area contributed by atoms with Gasteiger partial charge in [-0.1, -0.05) is 24.3 Å². The molecule has 23 heavy (non-hydrogen) atoms. The summed E-state index contributed by atoms with van der Waals surface area (Å²) in [6.07, 6.45) is 1.85. The Morgan fingerprint density at radius 3 is 2.87 bits per heavy atom. The standard InChI is InChI=1S/C19H21N3O/c1-4-10-22-16-7-5-6-15(20)19(16)21-18(22)12-23-17-11-13(2)8-9-14(17)3/h4-9,11H,1,10,12,20H2,2-3H3. The summed E-state index contributed by atoms with van der Waals surface area (Å²) in [6.45, 7) is 8.99. The third-order valence-corrected chi connectivity index (χ3v) is 3.90. The molecule has 0 atom stereocenters. The highest BCUT2D eigenvalue weighted by atomic mass is 16.5. The number of nitrogens with zero attached hydrogens (tertiary/aromatic N) is 2. The van der Waals surface area contributed by atoms with Gasteiger partial charge < -0.3 is 15.0 Å². The maximum absolute atomic E-state index is 6.04. The van der Waals surface area contributed by atoms with Crippen molar-refractivity contribution < 1.29 is 4.74 Å². The molecule has 4 nitrogen and oxygen atoms in total. The summed E-state index contributed by atoms with van der Waals surface area (Å²) in [5.74, 6) is 1.73. The number of hydrogen-bond acceptors (Lipinski definition) is 3. The van der Waals surface area contributed by atoms with Crippen molar-refractivity contribution in [1.29, 1.82) is 0 Å². The van der Waals surface area contributed by atoms with Crippen LogP contribution in [-0.2, 0) is 13.2 Å². The second-order valence-corrected chi connectivity index (χ2v) is 5.70. The van der Waals surface area contributed by atoms with Crippen molar-refractivity contribution >= 4 is 16.7 Å². The highest BCUT2D eigenvalue weighted by Crippen LogP contribution is 2.24. The number of anilines is 1. The van der Waals surface area contributed by atoms with Gasteiger partial charge in [-0.15, -0.1) is 6.58 Å². The highest BCUT2D eigenvalue weighted by molar-refractivity contribution is 5.87. The Morgan fingerprint density at radius 1 is 1.26 bits per heavy atom. The van der Waals surface area contributed by atoms with E-state index in [9.17, 15) is 0 Å². The zero-order valence-electron chi connectivity index (χ0n) is 13.5. The molecule has 2 aromatic carbocycles. The number of ether oxygens (including phenoxy) is 1. The van der Waals surface area contributed by atoms with Gasteiger partial charge in [-0.05, 0) is 43.2 Å². The molecule has 4 heteroatoms. The Morgan fingerprint density at radius 2 is 2.09 bits per heavy atom. The predicted molar refractivity (Wildman–Crippen MR) is 94.6 cm³/mol. The number of benzene rings is 2. The van der Waals surface area contributed by atoms with Gasteiger partial charge in [0, 0.05) is 6.54 Å². The maximum atomic E-state index is 6.04. The number of allylic oxidation sites excluding steroid dienone is 1. The minimum Gasteiger partial charge on any atom is -0.485 e. The summed E-state index contributed by atoms with van der Waals surface area (Å²) < 4.78 is 8.09. The van der Waals surface area contributed by atoms with Gasteiger partial charge in [0.15, 0.2) is 0 Å². The molecule has 0 fully saturated rings. The number of para-hydroxylation sites is 1. The predicted octanol–water partition coefficient (Wildman–Crippen LogP) is 4.00. The Hall–Kier alpha value is -2.75. The van der Waals surface area contributed by atoms with E-state index in [1.807, 2.05) is 37.3 Å². The van der Waals surface area contributed by atoms with Gasteiger partial charge in [-0.25, -0.2) is 4.98 Å². The first-order chi connectivity index (χ1) is 11.1. The van der Waals surface area contributed by atoms with Crippen LogP contribution in [0, 0.1) is 13.8 Å². The molecule has 0 bridgehead atoms. The number of aryl methyl sites for hydroxylation is 2. The van der Waals surface area contributed by atoms with E-state index in [1.165, 1.54) is 5.56 Å². The van der Waals surface area contributed by atoms with Crippen LogP contribution in [0.2, 0.25) is 0 Å². The molecule has 0 aliphatic heterocycles. The van der Waals surface area contributed by atoms with E-state index in [1.54, 1.807) is 0 Å². The van der Waals surface area contributed by atoms with E-state index in [4.69, 9.17) is 10.5 Å². The number of hydrogen-bond donors (Lipinski definition) is 1. The van der Waals surface area contributed by atoms with Crippen LogP contribution in [0.1, 0.15) is 17.0 Å². The van der Waals surface area contributed by atoms with Crippen LogP contribution >= 0.6 is 0 Å². The van der Waals surface area contributed by atoms with Crippen LogP contribution in [0.3, 0.4) is 0 Å². The minimum atomic E-state index is 0.395. The fourth-order valence-electron chi connectivity index (χ4n) is 2.66. The van der Waals surface area contributed by atoms with Gasteiger partial charge in [-0.2, -0.15) is 0 Å². The van der Waals surface area contributed by atoms with Crippen LogP contribution in [0.4, 0.5) is 5.69 Å². The molecule has 0 aliphatic carbocycles. The Balaban J connectivity index is 1.96. The van der Waals surface area contributed by atoms with E-state index in [-0.39, 0.29) is 0 Å². The third kappa shape index (κ3) is 2.93. The number of fused-ring (bicyclic) bond motifs is 1. The molecular weight excluding hydrogens is 286 g/mol. The van der Waals surface area contributed by atoms with E-state index in [2.05, 4.69) is 35.2 Å². The van der Waals surface area contributed by atoms with Crippen molar-refractivity contribution in [3.05, 3.63) is 66.0 Å². The second kappa shape index (κ2) is 6.16. The summed E-state index contributed by atoms with van der Waals surface area (Å²) in [7, 11) is 0. The fourth-order valence-corrected chi connectivity index (χ4v) is 2.66. The van der Waals surface area contributed by atoms with Gasteiger partial charge >= 0.3 is 0 Å². The largest absolute Gasteiger partial charge is 0.485 e. The Labute approximate surface area is 136 Å². The second-order valence-electron chi connectivity index (χ2n) is 5.70. The lowest BCUT2D eigenvalue weighted by atomic mass is 10.1. The van der Waals surface area contributed by atoms with Gasteiger partial charge in [0.2, 0.25) is 0 Å². The lowest BCUT2D eigenvalue weighted by Gasteiger charge is -2.11. The molecule has 0 saturated heterocycles. The van der Waals surface area contributed by atoms with Crippen molar-refractivity contribution in [3.8, 4) is 5.75 Å². The quantitative estimate of drug-likeness (QED) is 0.572. The first kappa shape index (κ1) is 15.2. The Bertz CT molecular complexity index is 864. The minimum absolute atomic E-state index is 0.395. The van der Waals surface area contributed by atoms with Crippen molar-refractivity contribution in [3.63, 3.8) is 0 Å². The monoisotopic (exact) mass is 307 g/mol. The fraction of sp³-hybridized carbons (Fsp3) is 0.211. The van der Waals surface area contributed by atoms with Crippen LogP contribution in [-0.4, -0.2) is 9.55 Å². The molecule has 1 heterocycles. The normalized spacial score (nSPS) is 10.9. The molecule has 0 aliphatic rings. The topological polar surface area (TPSA) is 53.1 Å². The average Bonchev–Trinajstić information content (AvgIpc) is 2.88. The van der Waals surface area contributed by atoms with Crippen molar-refractivity contribution in [2.24, 2.45) is 0 Å². The number of rotatable bonds is 5. The van der Waals surface area contributed by atoms with Gasteiger partial charge in [0.05, 0.1) is 11.2 Å². The SMILES string of the molecule is C=CCn1c(COc2cc(C)ccc2C)nc2c(N)cccc21. The summed E-state index contributed by atoms with van der Waals surface area (Å²) in [4.78, 5) is 4.66. The summed E-state index contributed by atoms with van der Waals surface area (Å²) in [5.41, 5.74) is 10.8. The van der Waals surface area contributed by atoms with E-state index < -0.39 is 0 Å². The van der Waals surface area contributed by atoms with E-state index in [0.717, 1.165) is 28.2 Å². The molecular formula is C19H21N3O. The summed E-state index contributed by atoms with van der Waals surface area (Å²) in [6, 6.07) is 12.0. The molecule has 3 aromatic rings. The third-order valence-electron chi connectivity index (χ3n) is 3.90. The number of aromatic nitrogens is 2. The molecule has 1 aromatic heterocycles. The van der Waals surface area contributed by atoms with E-state index >= 15 is 0 Å². The molecule has 0 saturated carbocycles. The lowest BCUT2D eigenvalue weighted by Crippen LogP contribution is -2.07. The number of nitrogens with two attached hydrogens (primary N) is 1. The molecule has 118 valence electrons. The van der Waals surface area contributed by atoms with Gasteiger partial charge in [0.1, 0.15) is 23.7 Å². The molecule has 0 unspecified atom stereocenters. The number of nitrogen functional groups attached to an aromatic ring is 1. The van der Waals surface area contributed by atoms with Gasteiger partial charge in [0.25, 0.3) is 0 Å². The van der Waals surface area contributed by atoms with Crippen molar-refractivity contribution in [1.82, 2.24) is 9.55 Å². The summed E-state index contributed by atoms with van der Waals surface area (Å²) in [5, 5.41) is 0. The number of imidazole rings is 1. The van der Waals surface area contributed by atoms with Crippen molar-refractivity contribution in [2.75, 3.05) is 5.73 Å². The van der Waals surface area contributed by atoms with Crippen molar-refractivity contribution in [2.45, 2.75) is 27.0 Å². The zero-order chi connectivity index (χ0) is 16.4. The molecule has 2 N–H and O–H groups in total. The first-order valence-corrected chi connectivity index (χ1v) is 7.64. The van der Waals surface area contributed by atoms with Crippen LogP contribution in [0.5, 0.6) is 5.75 Å².